The first-order chi connectivity index (χ1) is 14.5. The number of hydrogen-bond donors (Lipinski definition) is 0. The van der Waals surface area contributed by atoms with Crippen molar-refractivity contribution in [3.8, 4) is 0 Å². The second kappa shape index (κ2) is 9.41. The number of amides is 2. The molecule has 2 saturated heterocycles. The van der Waals surface area contributed by atoms with Gasteiger partial charge in [0.1, 0.15) is 5.01 Å². The predicted octanol–water partition coefficient (Wildman–Crippen LogP) is 2.06. The van der Waals surface area contributed by atoms with Crippen molar-refractivity contribution in [3.05, 3.63) is 29.3 Å². The van der Waals surface area contributed by atoms with Gasteiger partial charge in [0.2, 0.25) is 11.8 Å². The van der Waals surface area contributed by atoms with Gasteiger partial charge in [-0.1, -0.05) is 12.1 Å². The number of likely N-dealkylation sites (tertiary alicyclic amines) is 1. The SMILES string of the molecule is C[C@H](c1nc2ccccc2s1)N(C)CC(=O)N1CCN(CC(=O)N2CCCC2)CC1. The molecule has 162 valence electrons. The third-order valence-corrected chi connectivity index (χ3v) is 7.46. The topological polar surface area (TPSA) is 60.0 Å². The highest BCUT2D eigenvalue weighted by molar-refractivity contribution is 7.18. The van der Waals surface area contributed by atoms with E-state index in [1.54, 1.807) is 11.3 Å². The number of piperazine rings is 1. The summed E-state index contributed by atoms with van der Waals surface area (Å²) in [5.74, 6) is 0.382. The fourth-order valence-corrected chi connectivity index (χ4v) is 5.21. The molecule has 0 spiro atoms. The zero-order chi connectivity index (χ0) is 21.1. The normalized spacial score (nSPS) is 19.0. The first kappa shape index (κ1) is 21.2. The minimum absolute atomic E-state index is 0.0886. The van der Waals surface area contributed by atoms with Crippen molar-refractivity contribution in [2.75, 3.05) is 59.4 Å². The van der Waals surface area contributed by atoms with E-state index in [0.29, 0.717) is 26.2 Å². The molecule has 0 unspecified atom stereocenters. The minimum Gasteiger partial charge on any atom is -0.342 e. The highest BCUT2D eigenvalue weighted by atomic mass is 32.1. The van der Waals surface area contributed by atoms with Crippen molar-refractivity contribution >= 4 is 33.4 Å². The second-order valence-corrected chi connectivity index (χ2v) is 9.42. The van der Waals surface area contributed by atoms with Gasteiger partial charge in [-0.3, -0.25) is 19.4 Å². The zero-order valence-corrected chi connectivity index (χ0v) is 18.7. The van der Waals surface area contributed by atoms with Crippen LogP contribution >= 0.6 is 11.3 Å². The molecule has 1 aromatic heterocycles. The summed E-state index contributed by atoms with van der Waals surface area (Å²) in [6.45, 7) is 7.68. The van der Waals surface area contributed by atoms with E-state index < -0.39 is 0 Å². The lowest BCUT2D eigenvalue weighted by Gasteiger charge is -2.36. The number of benzene rings is 1. The number of thiazole rings is 1. The summed E-state index contributed by atoms with van der Waals surface area (Å²) in [7, 11) is 1.99. The van der Waals surface area contributed by atoms with Crippen LogP contribution in [0.5, 0.6) is 0 Å². The second-order valence-electron chi connectivity index (χ2n) is 8.36. The Morgan fingerprint density at radius 2 is 1.70 bits per heavy atom. The molecule has 30 heavy (non-hydrogen) atoms. The van der Waals surface area contributed by atoms with E-state index in [4.69, 9.17) is 4.98 Å². The van der Waals surface area contributed by atoms with Gasteiger partial charge in [0, 0.05) is 39.3 Å². The molecule has 0 bridgehead atoms. The van der Waals surface area contributed by atoms with Crippen molar-refractivity contribution in [2.24, 2.45) is 0 Å². The maximum Gasteiger partial charge on any atom is 0.236 e. The molecular weight excluding hydrogens is 398 g/mol. The molecule has 0 saturated carbocycles. The molecule has 2 aliphatic rings. The molecular formula is C22H31N5O2S. The van der Waals surface area contributed by atoms with E-state index in [2.05, 4.69) is 22.8 Å². The Morgan fingerprint density at radius 3 is 2.40 bits per heavy atom. The Balaban J connectivity index is 1.25. The molecule has 1 atom stereocenters. The number of aromatic nitrogens is 1. The fraction of sp³-hybridized carbons (Fsp3) is 0.591. The number of nitrogens with zero attached hydrogens (tertiary/aromatic N) is 5. The molecule has 1 aromatic carbocycles. The molecule has 2 aliphatic heterocycles. The summed E-state index contributed by atoms with van der Waals surface area (Å²) in [5.41, 5.74) is 1.02. The van der Waals surface area contributed by atoms with Crippen LogP contribution in [-0.4, -0.2) is 95.8 Å². The molecule has 8 heteroatoms. The Hall–Kier alpha value is -2.03. The van der Waals surface area contributed by atoms with Crippen LogP contribution in [0, 0.1) is 0 Å². The summed E-state index contributed by atoms with van der Waals surface area (Å²) >= 11 is 1.69. The van der Waals surface area contributed by atoms with Crippen LogP contribution in [0.25, 0.3) is 10.2 Å². The summed E-state index contributed by atoms with van der Waals surface area (Å²) in [6, 6.07) is 8.23. The fourth-order valence-electron chi connectivity index (χ4n) is 4.12. The summed E-state index contributed by atoms with van der Waals surface area (Å²) in [4.78, 5) is 38.1. The van der Waals surface area contributed by atoms with Crippen molar-refractivity contribution < 1.29 is 9.59 Å². The molecule has 7 nitrogen and oxygen atoms in total. The lowest BCUT2D eigenvalue weighted by molar-refractivity contribution is -0.135. The van der Waals surface area contributed by atoms with E-state index in [1.165, 1.54) is 4.70 Å². The van der Waals surface area contributed by atoms with E-state index >= 15 is 0 Å². The monoisotopic (exact) mass is 429 g/mol. The van der Waals surface area contributed by atoms with E-state index in [0.717, 1.165) is 49.5 Å². The van der Waals surface area contributed by atoms with Gasteiger partial charge in [0.25, 0.3) is 0 Å². The van der Waals surface area contributed by atoms with E-state index in [9.17, 15) is 9.59 Å². The summed E-state index contributed by atoms with van der Waals surface area (Å²) < 4.78 is 1.18. The van der Waals surface area contributed by atoms with Crippen molar-refractivity contribution in [1.82, 2.24) is 24.6 Å². The lowest BCUT2D eigenvalue weighted by atomic mass is 10.2. The van der Waals surface area contributed by atoms with Crippen molar-refractivity contribution in [3.63, 3.8) is 0 Å². The Bertz CT molecular complexity index is 854. The van der Waals surface area contributed by atoms with Crippen LogP contribution in [0.1, 0.15) is 30.8 Å². The summed E-state index contributed by atoms with van der Waals surface area (Å²) in [5, 5.41) is 1.04. The number of para-hydroxylation sites is 1. The largest absolute Gasteiger partial charge is 0.342 e. The van der Waals surface area contributed by atoms with Gasteiger partial charge in [0.15, 0.2) is 0 Å². The molecule has 2 aromatic rings. The third-order valence-electron chi connectivity index (χ3n) is 6.26. The average Bonchev–Trinajstić information content (AvgIpc) is 3.43. The molecule has 0 radical (unpaired) electrons. The third kappa shape index (κ3) is 4.82. The van der Waals surface area contributed by atoms with Gasteiger partial charge < -0.3 is 9.80 Å². The van der Waals surface area contributed by atoms with Gasteiger partial charge in [0.05, 0.1) is 29.3 Å². The molecule has 4 rings (SSSR count). The van der Waals surface area contributed by atoms with Gasteiger partial charge in [-0.05, 0) is 38.9 Å². The number of fused-ring (bicyclic) bond motifs is 1. The number of rotatable bonds is 6. The standard InChI is InChI=1S/C22H31N5O2S/c1-17(22-23-18-7-3-4-8-19(18)30-22)24(2)15-20(28)27-13-11-25(12-14-27)16-21(29)26-9-5-6-10-26/h3-4,7-8,17H,5-6,9-16H2,1-2H3/t17-/m1/s1. The Labute approximate surface area is 182 Å². The molecule has 0 N–H and O–H groups in total. The number of carbonyl (C=O) groups is 2. The first-order valence-electron chi connectivity index (χ1n) is 10.8. The van der Waals surface area contributed by atoms with Crippen LogP contribution in [0.15, 0.2) is 24.3 Å². The predicted molar refractivity (Wildman–Crippen MR) is 119 cm³/mol. The Kier molecular flexibility index (Phi) is 6.65. The van der Waals surface area contributed by atoms with E-state index in [1.807, 2.05) is 35.0 Å². The Morgan fingerprint density at radius 1 is 1.03 bits per heavy atom. The smallest absolute Gasteiger partial charge is 0.236 e. The van der Waals surface area contributed by atoms with Crippen LogP contribution in [0.4, 0.5) is 0 Å². The van der Waals surface area contributed by atoms with Gasteiger partial charge in [-0.25, -0.2) is 4.98 Å². The first-order valence-corrected chi connectivity index (χ1v) is 11.7. The van der Waals surface area contributed by atoms with Crippen LogP contribution in [-0.2, 0) is 9.59 Å². The number of likely N-dealkylation sites (N-methyl/N-ethyl adjacent to an activating group) is 1. The van der Waals surface area contributed by atoms with Crippen molar-refractivity contribution in [2.45, 2.75) is 25.8 Å². The zero-order valence-electron chi connectivity index (χ0n) is 17.9. The number of carbonyl (C=O) groups excluding carboxylic acids is 2. The van der Waals surface area contributed by atoms with E-state index in [-0.39, 0.29) is 17.9 Å². The maximum absolute atomic E-state index is 12.8. The van der Waals surface area contributed by atoms with Crippen LogP contribution in [0.3, 0.4) is 0 Å². The highest BCUT2D eigenvalue weighted by Gasteiger charge is 2.27. The van der Waals surface area contributed by atoms with Crippen LogP contribution in [0.2, 0.25) is 0 Å². The quantitative estimate of drug-likeness (QED) is 0.704. The van der Waals surface area contributed by atoms with Crippen LogP contribution < -0.4 is 0 Å². The molecule has 3 heterocycles. The lowest BCUT2D eigenvalue weighted by Crippen LogP contribution is -2.53. The average molecular weight is 430 g/mol. The van der Waals surface area contributed by atoms with Crippen molar-refractivity contribution in [1.29, 1.82) is 0 Å². The molecule has 0 aliphatic carbocycles. The van der Waals surface area contributed by atoms with Gasteiger partial charge in [-0.2, -0.15) is 0 Å². The minimum atomic E-state index is 0.0886. The molecule has 2 fully saturated rings. The highest BCUT2D eigenvalue weighted by Crippen LogP contribution is 2.28. The summed E-state index contributed by atoms with van der Waals surface area (Å²) in [6.07, 6.45) is 2.24. The number of hydrogen-bond acceptors (Lipinski definition) is 6. The van der Waals surface area contributed by atoms with Gasteiger partial charge in [-0.15, -0.1) is 11.3 Å². The molecule has 2 amide bonds. The van der Waals surface area contributed by atoms with Gasteiger partial charge >= 0.3 is 0 Å². The maximum atomic E-state index is 12.8.